The van der Waals surface area contributed by atoms with Crippen molar-refractivity contribution in [3.8, 4) is 11.1 Å². The summed E-state index contributed by atoms with van der Waals surface area (Å²) < 4.78 is 0. The van der Waals surface area contributed by atoms with Gasteiger partial charge in [-0.25, -0.2) is 0 Å². The number of nitrogens with one attached hydrogen (secondary N) is 2. The van der Waals surface area contributed by atoms with E-state index in [0.29, 0.717) is 5.69 Å². The van der Waals surface area contributed by atoms with Crippen molar-refractivity contribution in [2.45, 2.75) is 6.92 Å². The van der Waals surface area contributed by atoms with Gasteiger partial charge in [-0.15, -0.1) is 0 Å². The zero-order chi connectivity index (χ0) is 11.4. The molecule has 2 heterocycles. The SMILES string of the molecule is CCNc1cc(-c2ccncc2)c[nH]c1=O. The lowest BCUT2D eigenvalue weighted by atomic mass is 10.1. The van der Waals surface area contributed by atoms with Crippen LogP contribution in [-0.2, 0) is 0 Å². The second-order valence-corrected chi connectivity index (χ2v) is 3.40. The average molecular weight is 215 g/mol. The first kappa shape index (κ1) is 10.4. The van der Waals surface area contributed by atoms with E-state index in [1.54, 1.807) is 18.6 Å². The predicted octanol–water partition coefficient (Wildman–Crippen LogP) is 1.87. The van der Waals surface area contributed by atoms with Gasteiger partial charge in [-0.05, 0) is 30.7 Å². The number of rotatable bonds is 3. The molecule has 2 aromatic heterocycles. The molecule has 4 nitrogen and oxygen atoms in total. The number of H-pyrrole nitrogens is 1. The van der Waals surface area contributed by atoms with Crippen molar-refractivity contribution in [3.63, 3.8) is 0 Å². The molecule has 0 aliphatic carbocycles. The second-order valence-electron chi connectivity index (χ2n) is 3.40. The van der Waals surface area contributed by atoms with E-state index in [1.807, 2.05) is 25.1 Å². The molecule has 0 bridgehead atoms. The summed E-state index contributed by atoms with van der Waals surface area (Å²) in [7, 11) is 0. The smallest absolute Gasteiger partial charge is 0.271 e. The van der Waals surface area contributed by atoms with Crippen molar-refractivity contribution < 1.29 is 0 Å². The monoisotopic (exact) mass is 215 g/mol. The molecule has 4 heteroatoms. The molecule has 0 atom stereocenters. The van der Waals surface area contributed by atoms with Crippen LogP contribution in [0.25, 0.3) is 11.1 Å². The lowest BCUT2D eigenvalue weighted by molar-refractivity contribution is 1.16. The Kier molecular flexibility index (Phi) is 3.00. The maximum absolute atomic E-state index is 11.5. The van der Waals surface area contributed by atoms with Crippen LogP contribution in [0, 0.1) is 0 Å². The normalized spacial score (nSPS) is 10.1. The molecule has 0 spiro atoms. The van der Waals surface area contributed by atoms with E-state index in [-0.39, 0.29) is 5.56 Å². The van der Waals surface area contributed by atoms with Gasteiger partial charge in [-0.2, -0.15) is 0 Å². The van der Waals surface area contributed by atoms with Gasteiger partial charge in [0, 0.05) is 30.7 Å². The van der Waals surface area contributed by atoms with Crippen LogP contribution in [-0.4, -0.2) is 16.5 Å². The highest BCUT2D eigenvalue weighted by atomic mass is 16.1. The fraction of sp³-hybridized carbons (Fsp3) is 0.167. The Labute approximate surface area is 93.4 Å². The van der Waals surface area contributed by atoms with Crippen molar-refractivity contribution in [1.29, 1.82) is 0 Å². The van der Waals surface area contributed by atoms with E-state index >= 15 is 0 Å². The highest BCUT2D eigenvalue weighted by Gasteiger charge is 2.02. The molecule has 0 amide bonds. The standard InChI is InChI=1S/C12H13N3O/c1-2-14-11-7-10(8-15-12(11)16)9-3-5-13-6-4-9/h3-8,14H,2H2,1H3,(H,15,16). The van der Waals surface area contributed by atoms with Gasteiger partial charge in [0.1, 0.15) is 5.69 Å². The summed E-state index contributed by atoms with van der Waals surface area (Å²) in [6.07, 6.45) is 5.17. The van der Waals surface area contributed by atoms with E-state index in [1.165, 1.54) is 0 Å². The Morgan fingerprint density at radius 2 is 2.06 bits per heavy atom. The number of aromatic nitrogens is 2. The van der Waals surface area contributed by atoms with Gasteiger partial charge < -0.3 is 10.3 Å². The minimum atomic E-state index is -0.0975. The molecular weight excluding hydrogens is 202 g/mol. The largest absolute Gasteiger partial charge is 0.381 e. The van der Waals surface area contributed by atoms with Crippen LogP contribution < -0.4 is 10.9 Å². The minimum absolute atomic E-state index is 0.0975. The lowest BCUT2D eigenvalue weighted by Crippen LogP contribution is -2.13. The maximum Gasteiger partial charge on any atom is 0.271 e. The van der Waals surface area contributed by atoms with Crippen molar-refractivity contribution in [2.75, 3.05) is 11.9 Å². The van der Waals surface area contributed by atoms with Gasteiger partial charge in [-0.3, -0.25) is 9.78 Å². The van der Waals surface area contributed by atoms with Crippen molar-refractivity contribution >= 4 is 5.69 Å². The molecule has 82 valence electrons. The zero-order valence-electron chi connectivity index (χ0n) is 9.03. The highest BCUT2D eigenvalue weighted by molar-refractivity contribution is 5.65. The Morgan fingerprint density at radius 1 is 1.31 bits per heavy atom. The third-order valence-corrected chi connectivity index (χ3v) is 2.28. The molecule has 0 radical (unpaired) electrons. The molecule has 0 aliphatic rings. The van der Waals surface area contributed by atoms with Crippen LogP contribution >= 0.6 is 0 Å². The number of aromatic amines is 1. The summed E-state index contributed by atoms with van der Waals surface area (Å²) in [6.45, 7) is 2.68. The zero-order valence-corrected chi connectivity index (χ0v) is 9.03. The molecule has 0 saturated carbocycles. The van der Waals surface area contributed by atoms with Gasteiger partial charge in [0.2, 0.25) is 0 Å². The summed E-state index contributed by atoms with van der Waals surface area (Å²) in [4.78, 5) is 18.1. The van der Waals surface area contributed by atoms with E-state index in [2.05, 4.69) is 15.3 Å². The Hall–Kier alpha value is -2.10. The van der Waals surface area contributed by atoms with Crippen LogP contribution in [0.5, 0.6) is 0 Å². The van der Waals surface area contributed by atoms with Gasteiger partial charge in [0.25, 0.3) is 5.56 Å². The summed E-state index contributed by atoms with van der Waals surface area (Å²) >= 11 is 0. The number of hydrogen-bond acceptors (Lipinski definition) is 3. The van der Waals surface area contributed by atoms with Crippen LogP contribution in [0.15, 0.2) is 41.6 Å². The molecule has 16 heavy (non-hydrogen) atoms. The summed E-state index contributed by atoms with van der Waals surface area (Å²) in [5.41, 5.74) is 2.50. The Balaban J connectivity index is 2.44. The first-order valence-electron chi connectivity index (χ1n) is 5.18. The lowest BCUT2D eigenvalue weighted by Gasteiger charge is -2.05. The highest BCUT2D eigenvalue weighted by Crippen LogP contribution is 2.18. The topological polar surface area (TPSA) is 57.8 Å². The molecule has 0 aromatic carbocycles. The van der Waals surface area contributed by atoms with Crippen LogP contribution in [0.1, 0.15) is 6.92 Å². The molecule has 0 unspecified atom stereocenters. The quantitative estimate of drug-likeness (QED) is 0.821. The van der Waals surface area contributed by atoms with Crippen molar-refractivity contribution in [3.05, 3.63) is 47.1 Å². The van der Waals surface area contributed by atoms with E-state index in [4.69, 9.17) is 0 Å². The summed E-state index contributed by atoms with van der Waals surface area (Å²) in [5, 5.41) is 3.03. The molecule has 2 N–H and O–H groups in total. The molecule has 0 fully saturated rings. The van der Waals surface area contributed by atoms with Crippen LogP contribution in [0.4, 0.5) is 5.69 Å². The predicted molar refractivity (Wildman–Crippen MR) is 64.5 cm³/mol. The van der Waals surface area contributed by atoms with Gasteiger partial charge in [0.05, 0.1) is 0 Å². The van der Waals surface area contributed by atoms with E-state index in [0.717, 1.165) is 17.7 Å². The summed E-state index contributed by atoms with van der Waals surface area (Å²) in [6, 6.07) is 5.66. The number of hydrogen-bond donors (Lipinski definition) is 2. The maximum atomic E-state index is 11.5. The van der Waals surface area contributed by atoms with E-state index in [9.17, 15) is 4.79 Å². The van der Waals surface area contributed by atoms with Gasteiger partial charge in [-0.1, -0.05) is 0 Å². The third-order valence-electron chi connectivity index (χ3n) is 2.28. The molecule has 2 rings (SSSR count). The molecule has 2 aromatic rings. The Morgan fingerprint density at radius 3 is 2.75 bits per heavy atom. The molecule has 0 aliphatic heterocycles. The fourth-order valence-electron chi connectivity index (χ4n) is 1.52. The third kappa shape index (κ3) is 2.11. The molecular formula is C12H13N3O. The first-order valence-corrected chi connectivity index (χ1v) is 5.18. The summed E-state index contributed by atoms with van der Waals surface area (Å²) in [5.74, 6) is 0. The minimum Gasteiger partial charge on any atom is -0.381 e. The van der Waals surface area contributed by atoms with Gasteiger partial charge in [0.15, 0.2) is 0 Å². The average Bonchev–Trinajstić information content (AvgIpc) is 2.33. The fourth-order valence-corrected chi connectivity index (χ4v) is 1.52. The van der Waals surface area contributed by atoms with Crippen molar-refractivity contribution in [1.82, 2.24) is 9.97 Å². The van der Waals surface area contributed by atoms with E-state index < -0.39 is 0 Å². The van der Waals surface area contributed by atoms with Crippen molar-refractivity contribution in [2.24, 2.45) is 0 Å². The number of pyridine rings is 2. The molecule has 0 saturated heterocycles. The Bertz CT molecular complexity index is 519. The first-order chi connectivity index (χ1) is 7.81. The number of anilines is 1. The van der Waals surface area contributed by atoms with Crippen LogP contribution in [0.2, 0.25) is 0 Å². The van der Waals surface area contributed by atoms with Gasteiger partial charge >= 0.3 is 0 Å². The second kappa shape index (κ2) is 4.61. The van der Waals surface area contributed by atoms with Crippen LogP contribution in [0.3, 0.4) is 0 Å². The number of nitrogens with zero attached hydrogens (tertiary/aromatic N) is 1.